The fourth-order valence-corrected chi connectivity index (χ4v) is 1.55. The summed E-state index contributed by atoms with van der Waals surface area (Å²) in [6, 6.07) is 3.91. The highest BCUT2D eigenvalue weighted by Crippen LogP contribution is 2.24. The molecule has 12 heavy (non-hydrogen) atoms. The minimum Gasteiger partial charge on any atom is -0.490 e. The Morgan fingerprint density at radius 1 is 1.50 bits per heavy atom. The van der Waals surface area contributed by atoms with E-state index in [1.54, 1.807) is 0 Å². The quantitative estimate of drug-likeness (QED) is 0.580. The summed E-state index contributed by atoms with van der Waals surface area (Å²) < 4.78 is 6.47. The van der Waals surface area contributed by atoms with E-state index in [9.17, 15) is 0 Å². The lowest BCUT2D eigenvalue weighted by molar-refractivity contribution is 0.322. The number of anilines is 1. The molecule has 0 radical (unpaired) electrons. The summed E-state index contributed by atoms with van der Waals surface area (Å²) in [5, 5.41) is 3.23. The number of rotatable bonds is 0. The van der Waals surface area contributed by atoms with Gasteiger partial charge in [-0.05, 0) is 41.1 Å². The van der Waals surface area contributed by atoms with Gasteiger partial charge in [0.05, 0.1) is 6.61 Å². The molecular formula is C8H9IN2O. The molecule has 3 nitrogen and oxygen atoms in total. The van der Waals surface area contributed by atoms with Crippen LogP contribution in [0, 0.1) is 3.70 Å². The van der Waals surface area contributed by atoms with Crippen LogP contribution in [0.25, 0.3) is 0 Å². The second-order valence-electron chi connectivity index (χ2n) is 2.61. The molecule has 4 heteroatoms. The third-order valence-electron chi connectivity index (χ3n) is 1.70. The van der Waals surface area contributed by atoms with Crippen molar-refractivity contribution in [2.24, 2.45) is 0 Å². The Morgan fingerprint density at radius 2 is 2.42 bits per heavy atom. The molecule has 0 bridgehead atoms. The maximum atomic E-state index is 5.48. The lowest BCUT2D eigenvalue weighted by Crippen LogP contribution is -2.01. The Labute approximate surface area is 84.7 Å². The summed E-state index contributed by atoms with van der Waals surface area (Å²) in [6.07, 6.45) is 1.03. The lowest BCUT2D eigenvalue weighted by Gasteiger charge is -2.05. The van der Waals surface area contributed by atoms with Crippen LogP contribution < -0.4 is 10.1 Å². The predicted molar refractivity (Wildman–Crippen MR) is 55.6 cm³/mol. The second kappa shape index (κ2) is 3.47. The number of fused-ring (bicyclic) bond motifs is 1. The molecule has 0 aromatic carbocycles. The molecule has 0 unspecified atom stereocenters. The minimum absolute atomic E-state index is 0.780. The number of hydrogen-bond donors (Lipinski definition) is 1. The molecular weight excluding hydrogens is 267 g/mol. The first kappa shape index (κ1) is 8.10. The molecule has 0 saturated carbocycles. The molecule has 1 aromatic heterocycles. The number of pyridine rings is 1. The van der Waals surface area contributed by atoms with E-state index in [1.807, 2.05) is 12.1 Å². The van der Waals surface area contributed by atoms with E-state index < -0.39 is 0 Å². The van der Waals surface area contributed by atoms with Gasteiger partial charge >= 0.3 is 0 Å². The van der Waals surface area contributed by atoms with E-state index in [0.717, 1.165) is 34.8 Å². The average Bonchev–Trinajstić information content (AvgIpc) is 2.28. The molecule has 1 N–H and O–H groups in total. The van der Waals surface area contributed by atoms with E-state index in [4.69, 9.17) is 4.74 Å². The van der Waals surface area contributed by atoms with Crippen molar-refractivity contribution in [1.82, 2.24) is 4.98 Å². The molecule has 2 rings (SSSR count). The van der Waals surface area contributed by atoms with Gasteiger partial charge in [-0.15, -0.1) is 0 Å². The Kier molecular flexibility index (Phi) is 2.34. The van der Waals surface area contributed by atoms with E-state index in [2.05, 4.69) is 32.9 Å². The fourth-order valence-electron chi connectivity index (χ4n) is 1.13. The minimum atomic E-state index is 0.780. The van der Waals surface area contributed by atoms with Gasteiger partial charge in [0.25, 0.3) is 0 Å². The number of aromatic nitrogens is 1. The van der Waals surface area contributed by atoms with Crippen molar-refractivity contribution in [3.8, 4) is 5.75 Å². The highest BCUT2D eigenvalue weighted by atomic mass is 127. The van der Waals surface area contributed by atoms with Gasteiger partial charge in [-0.3, -0.25) is 0 Å². The average molecular weight is 276 g/mol. The van der Waals surface area contributed by atoms with Gasteiger partial charge in [-0.2, -0.15) is 0 Å². The summed E-state index contributed by atoms with van der Waals surface area (Å²) in [5.41, 5.74) is 0. The van der Waals surface area contributed by atoms with Crippen molar-refractivity contribution in [3.63, 3.8) is 0 Å². The van der Waals surface area contributed by atoms with Crippen LogP contribution in [0.5, 0.6) is 5.75 Å². The third-order valence-corrected chi connectivity index (χ3v) is 2.30. The molecule has 0 amide bonds. The van der Waals surface area contributed by atoms with Crippen LogP contribution in [-0.2, 0) is 0 Å². The van der Waals surface area contributed by atoms with Gasteiger partial charge in [0, 0.05) is 6.54 Å². The summed E-state index contributed by atoms with van der Waals surface area (Å²) in [6.45, 7) is 1.72. The normalized spacial score (nSPS) is 15.4. The van der Waals surface area contributed by atoms with Crippen molar-refractivity contribution >= 4 is 28.4 Å². The Morgan fingerprint density at radius 3 is 3.33 bits per heavy atom. The van der Waals surface area contributed by atoms with Crippen molar-refractivity contribution < 1.29 is 4.74 Å². The summed E-state index contributed by atoms with van der Waals surface area (Å²) in [5.74, 6) is 1.74. The zero-order valence-electron chi connectivity index (χ0n) is 6.51. The van der Waals surface area contributed by atoms with E-state index >= 15 is 0 Å². The molecule has 64 valence electrons. The molecule has 1 aliphatic rings. The van der Waals surface area contributed by atoms with Gasteiger partial charge in [-0.1, -0.05) is 0 Å². The highest BCUT2D eigenvalue weighted by molar-refractivity contribution is 14.1. The summed E-state index contributed by atoms with van der Waals surface area (Å²) >= 11 is 2.19. The maximum Gasteiger partial charge on any atom is 0.169 e. The largest absolute Gasteiger partial charge is 0.490 e. The zero-order chi connectivity index (χ0) is 8.39. The van der Waals surface area contributed by atoms with Gasteiger partial charge in [0.1, 0.15) is 3.70 Å². The molecule has 0 saturated heterocycles. The van der Waals surface area contributed by atoms with Crippen LogP contribution in [0.3, 0.4) is 0 Å². The third kappa shape index (κ3) is 1.63. The second-order valence-corrected chi connectivity index (χ2v) is 3.71. The van der Waals surface area contributed by atoms with Crippen LogP contribution in [-0.4, -0.2) is 18.1 Å². The lowest BCUT2D eigenvalue weighted by atomic mass is 10.4. The van der Waals surface area contributed by atoms with Crippen molar-refractivity contribution in [1.29, 1.82) is 0 Å². The van der Waals surface area contributed by atoms with Gasteiger partial charge in [0.2, 0.25) is 0 Å². The van der Waals surface area contributed by atoms with Crippen LogP contribution in [0.15, 0.2) is 12.1 Å². The van der Waals surface area contributed by atoms with Crippen molar-refractivity contribution in [2.75, 3.05) is 18.5 Å². The van der Waals surface area contributed by atoms with Gasteiger partial charge < -0.3 is 10.1 Å². The van der Waals surface area contributed by atoms with E-state index in [1.165, 1.54) is 0 Å². The number of ether oxygens (including phenoxy) is 1. The van der Waals surface area contributed by atoms with Crippen LogP contribution in [0.2, 0.25) is 0 Å². The fraction of sp³-hybridized carbons (Fsp3) is 0.375. The molecule has 1 aliphatic heterocycles. The molecule has 0 atom stereocenters. The Balaban J connectivity index is 2.36. The first-order chi connectivity index (χ1) is 5.86. The van der Waals surface area contributed by atoms with Crippen molar-refractivity contribution in [3.05, 3.63) is 15.8 Å². The monoisotopic (exact) mass is 276 g/mol. The smallest absolute Gasteiger partial charge is 0.169 e. The summed E-state index contributed by atoms with van der Waals surface area (Å²) in [4.78, 5) is 4.32. The van der Waals surface area contributed by atoms with Crippen LogP contribution in [0.1, 0.15) is 6.42 Å². The maximum absolute atomic E-state index is 5.48. The first-order valence-corrected chi connectivity index (χ1v) is 4.97. The Hall–Kier alpha value is -0.520. The van der Waals surface area contributed by atoms with Crippen LogP contribution in [0.4, 0.5) is 5.82 Å². The van der Waals surface area contributed by atoms with Crippen LogP contribution >= 0.6 is 22.6 Å². The highest BCUT2D eigenvalue weighted by Gasteiger charge is 2.08. The van der Waals surface area contributed by atoms with E-state index in [0.29, 0.717) is 0 Å². The number of hydrogen-bond acceptors (Lipinski definition) is 3. The molecule has 0 fully saturated rings. The predicted octanol–water partition coefficient (Wildman–Crippen LogP) is 1.88. The standard InChI is InChI=1S/C8H9IN2O/c9-7-3-2-6-8(11-7)10-4-1-5-12-6/h2-3H,1,4-5H2,(H,10,11). The summed E-state index contributed by atoms with van der Waals surface area (Å²) in [7, 11) is 0. The number of nitrogens with one attached hydrogen (secondary N) is 1. The zero-order valence-corrected chi connectivity index (χ0v) is 8.67. The topological polar surface area (TPSA) is 34.2 Å². The molecule has 0 aliphatic carbocycles. The van der Waals surface area contributed by atoms with Crippen molar-refractivity contribution in [2.45, 2.75) is 6.42 Å². The molecule has 0 spiro atoms. The Bertz CT molecular complexity index is 290. The van der Waals surface area contributed by atoms with Gasteiger partial charge in [-0.25, -0.2) is 4.98 Å². The van der Waals surface area contributed by atoms with Gasteiger partial charge in [0.15, 0.2) is 11.6 Å². The van der Waals surface area contributed by atoms with E-state index in [-0.39, 0.29) is 0 Å². The molecule has 1 aromatic rings. The first-order valence-electron chi connectivity index (χ1n) is 3.89. The molecule has 2 heterocycles. The number of nitrogens with zero attached hydrogens (tertiary/aromatic N) is 1. The number of halogens is 1. The SMILES string of the molecule is Ic1ccc2c(n1)NCCCO2.